The molecule has 18 heteroatoms. The summed E-state index contributed by atoms with van der Waals surface area (Å²) < 4.78 is 54.8. The number of carbonyl (C=O) groups is 2. The molecule has 0 bridgehead atoms. The zero-order valence-electron chi connectivity index (χ0n) is 29.0. The second-order valence-corrected chi connectivity index (χ2v) is 13.2. The Kier molecular flexibility index (Phi) is 13.9. The van der Waals surface area contributed by atoms with E-state index in [1.54, 1.807) is 20.2 Å². The molecule has 282 valence electrons. The van der Waals surface area contributed by atoms with E-state index < -0.39 is 30.6 Å². The number of methoxy groups -OCH3 is 3. The maximum Gasteiger partial charge on any atom is 0.393 e. The summed E-state index contributed by atoms with van der Waals surface area (Å²) in [5.74, 6) is -0.500. The van der Waals surface area contributed by atoms with Crippen LogP contribution in [0, 0.1) is 0 Å². The number of rotatable bonds is 15. The zero-order chi connectivity index (χ0) is 38.0. The lowest BCUT2D eigenvalue weighted by atomic mass is 10.1. The minimum atomic E-state index is -4.33. The summed E-state index contributed by atoms with van der Waals surface area (Å²) >= 11 is 0.966. The van der Waals surface area contributed by atoms with Gasteiger partial charge in [0.05, 0.1) is 51.0 Å². The number of ether oxygens (including phenoxy) is 3. The first-order chi connectivity index (χ1) is 24.7. The number of nitrogens with one attached hydrogen (secondary N) is 1. The number of hydrogen-bond donors (Lipinski definition) is 4. The number of anilines is 1. The van der Waals surface area contributed by atoms with E-state index in [-0.39, 0.29) is 35.8 Å². The van der Waals surface area contributed by atoms with Crippen LogP contribution in [-0.4, -0.2) is 100 Å². The number of fused-ring (bicyclic) bond motifs is 1. The molecule has 0 amide bonds. The van der Waals surface area contributed by atoms with Crippen molar-refractivity contribution in [1.82, 2.24) is 25.5 Å². The maximum absolute atomic E-state index is 13.0. The maximum atomic E-state index is 13.0. The number of unbranched alkanes of at least 4 members (excludes halogenated alkanes) is 1. The summed E-state index contributed by atoms with van der Waals surface area (Å²) in [5.41, 5.74) is 2.59. The average molecular weight is 751 g/mol. The lowest BCUT2D eigenvalue weighted by Crippen LogP contribution is -2.38. The third-order valence-corrected chi connectivity index (χ3v) is 9.33. The first-order valence-electron chi connectivity index (χ1n) is 16.2. The topological polar surface area (TPSA) is 189 Å². The monoisotopic (exact) mass is 750 g/mol. The first kappa shape index (κ1) is 40.0. The quantitative estimate of drug-likeness (QED) is 0.117. The fourth-order valence-electron chi connectivity index (χ4n) is 5.72. The van der Waals surface area contributed by atoms with Crippen LogP contribution in [-0.2, 0) is 22.6 Å². The van der Waals surface area contributed by atoms with E-state index in [0.717, 1.165) is 22.5 Å². The molecule has 3 heterocycles. The number of hydrogen-bond acceptors (Lipinski definition) is 13. The van der Waals surface area contributed by atoms with E-state index in [1.165, 1.54) is 20.3 Å². The van der Waals surface area contributed by atoms with Crippen molar-refractivity contribution in [3.05, 3.63) is 46.8 Å². The standard InChI is InChI=1S/C28H31F3N6O4S.C6H10O4/c1-37(24-19-11-18(13-28(29,30)31)42-26(19)34-27(33-24)41-4)21-9-17(10-22(21)38)32-14-15-5-7-16(8-6-15)20-12-23(39-2)25(40-3)36-35-20;7-5(8)3-1-2-4-6(9)10/h5-8,11-12,17,21-22,32,38H,9-10,13-14H2,1-4H3;1-4H2,(H,7,8)(H,9,10)/t17-,21+,22-;/m1./s1. The third kappa shape index (κ3) is 11.1. The van der Waals surface area contributed by atoms with Crippen LogP contribution in [0.2, 0.25) is 0 Å². The van der Waals surface area contributed by atoms with Crippen molar-refractivity contribution < 1.29 is 52.3 Å². The Hall–Kier alpha value is -4.81. The van der Waals surface area contributed by atoms with Gasteiger partial charge in [0.2, 0.25) is 0 Å². The summed E-state index contributed by atoms with van der Waals surface area (Å²) in [7, 11) is 6.24. The summed E-state index contributed by atoms with van der Waals surface area (Å²) in [6.45, 7) is 0.586. The molecule has 0 aliphatic heterocycles. The highest BCUT2D eigenvalue weighted by atomic mass is 32.1. The molecule has 52 heavy (non-hydrogen) atoms. The van der Waals surface area contributed by atoms with Gasteiger partial charge in [-0.05, 0) is 37.3 Å². The second-order valence-electron chi connectivity index (χ2n) is 12.1. The number of thiophene rings is 1. The highest BCUT2D eigenvalue weighted by Crippen LogP contribution is 2.37. The Morgan fingerprint density at radius 2 is 1.63 bits per heavy atom. The van der Waals surface area contributed by atoms with Crippen molar-refractivity contribution in [3.63, 3.8) is 0 Å². The average Bonchev–Trinajstić information content (AvgIpc) is 3.69. The molecule has 1 fully saturated rings. The minimum Gasteiger partial charge on any atom is -0.491 e. The molecule has 0 radical (unpaired) electrons. The largest absolute Gasteiger partial charge is 0.491 e. The summed E-state index contributed by atoms with van der Waals surface area (Å²) in [5, 5.41) is 39.5. The van der Waals surface area contributed by atoms with Gasteiger partial charge in [0.1, 0.15) is 10.6 Å². The number of aliphatic hydroxyl groups excluding tert-OH is 1. The van der Waals surface area contributed by atoms with Gasteiger partial charge in [-0.2, -0.15) is 23.1 Å². The summed E-state index contributed by atoms with van der Waals surface area (Å²) in [6.07, 6.45) is -3.89. The van der Waals surface area contributed by atoms with E-state index in [9.17, 15) is 27.9 Å². The van der Waals surface area contributed by atoms with Gasteiger partial charge >= 0.3 is 24.1 Å². The molecular weight excluding hydrogens is 709 g/mol. The summed E-state index contributed by atoms with van der Waals surface area (Å²) in [6, 6.07) is 10.9. The molecule has 1 aliphatic rings. The number of alkyl halides is 3. The van der Waals surface area contributed by atoms with Crippen molar-refractivity contribution in [2.75, 3.05) is 33.3 Å². The van der Waals surface area contributed by atoms with Gasteiger partial charge in [-0.3, -0.25) is 9.59 Å². The van der Waals surface area contributed by atoms with Crippen LogP contribution in [0.3, 0.4) is 0 Å². The highest BCUT2D eigenvalue weighted by molar-refractivity contribution is 7.18. The predicted octanol–water partition coefficient (Wildman–Crippen LogP) is 5.11. The Balaban J connectivity index is 0.000000530. The fraction of sp³-hybridized carbons (Fsp3) is 0.471. The first-order valence-corrected chi connectivity index (χ1v) is 17.1. The van der Waals surface area contributed by atoms with Gasteiger partial charge in [-0.1, -0.05) is 24.3 Å². The number of aliphatic carboxylic acids is 2. The van der Waals surface area contributed by atoms with E-state index in [4.69, 9.17) is 24.4 Å². The van der Waals surface area contributed by atoms with Gasteiger partial charge in [0.25, 0.3) is 5.88 Å². The highest BCUT2D eigenvalue weighted by Gasteiger charge is 2.37. The molecule has 14 nitrogen and oxygen atoms in total. The number of aromatic nitrogens is 4. The minimum absolute atomic E-state index is 0.0198. The molecule has 5 rings (SSSR count). The predicted molar refractivity (Wildman–Crippen MR) is 186 cm³/mol. The summed E-state index contributed by atoms with van der Waals surface area (Å²) in [4.78, 5) is 30.9. The molecule has 0 spiro atoms. The normalized spacial score (nSPS) is 17.0. The van der Waals surface area contributed by atoms with Crippen LogP contribution in [0.15, 0.2) is 36.4 Å². The van der Waals surface area contributed by atoms with E-state index in [2.05, 4.69) is 25.5 Å². The number of carboxylic acids is 2. The van der Waals surface area contributed by atoms with Crippen LogP contribution in [0.5, 0.6) is 17.6 Å². The molecule has 0 unspecified atom stereocenters. The van der Waals surface area contributed by atoms with Crippen LogP contribution in [0.4, 0.5) is 19.0 Å². The number of halogens is 3. The Labute approximate surface area is 301 Å². The van der Waals surface area contributed by atoms with Crippen molar-refractivity contribution in [3.8, 4) is 28.9 Å². The molecule has 4 aromatic rings. The molecule has 1 aromatic carbocycles. The van der Waals surface area contributed by atoms with Gasteiger partial charge in [0.15, 0.2) is 5.75 Å². The fourth-order valence-corrected chi connectivity index (χ4v) is 6.76. The van der Waals surface area contributed by atoms with Crippen LogP contribution >= 0.6 is 11.3 Å². The van der Waals surface area contributed by atoms with Crippen molar-refractivity contribution >= 4 is 39.3 Å². The van der Waals surface area contributed by atoms with Gasteiger partial charge in [0, 0.05) is 49.0 Å². The molecule has 1 aliphatic carbocycles. The molecular formula is C34H41F3N6O8S. The van der Waals surface area contributed by atoms with Crippen LogP contribution in [0.25, 0.3) is 21.5 Å². The molecule has 3 aromatic heterocycles. The number of carboxylic acid groups (broad SMARTS) is 2. The van der Waals surface area contributed by atoms with E-state index in [1.807, 2.05) is 29.2 Å². The van der Waals surface area contributed by atoms with Gasteiger partial charge in [-0.25, -0.2) is 0 Å². The molecule has 0 saturated heterocycles. The smallest absolute Gasteiger partial charge is 0.393 e. The second kappa shape index (κ2) is 18.1. The van der Waals surface area contributed by atoms with Crippen LogP contribution < -0.4 is 24.4 Å². The molecule has 3 atom stereocenters. The third-order valence-electron chi connectivity index (χ3n) is 8.30. The molecule has 4 N–H and O–H groups in total. The number of aliphatic hydroxyl groups is 1. The Morgan fingerprint density at radius 1 is 0.962 bits per heavy atom. The SMILES string of the molecule is COc1nc(N(C)[C@H]2C[C@@H](NCc3ccc(-c4cc(OC)c(OC)nn4)cc3)C[C@H]2O)c2cc(CC(F)(F)F)sc2n1.O=C(O)CCCCC(=O)O. The van der Waals surface area contributed by atoms with Crippen molar-refractivity contribution in [2.24, 2.45) is 0 Å². The lowest BCUT2D eigenvalue weighted by molar-refractivity contribution is -0.139. The van der Waals surface area contributed by atoms with E-state index in [0.29, 0.717) is 65.6 Å². The van der Waals surface area contributed by atoms with E-state index >= 15 is 0 Å². The van der Waals surface area contributed by atoms with Crippen molar-refractivity contribution in [1.29, 1.82) is 0 Å². The lowest BCUT2D eigenvalue weighted by Gasteiger charge is -2.28. The Morgan fingerprint density at radius 3 is 2.21 bits per heavy atom. The number of nitrogens with zero attached hydrogens (tertiary/aromatic N) is 5. The zero-order valence-corrected chi connectivity index (χ0v) is 29.8. The Bertz CT molecular complexity index is 1790. The van der Waals surface area contributed by atoms with Crippen LogP contribution in [0.1, 0.15) is 49.0 Å². The number of likely N-dealkylation sites (N-methyl/N-ethyl adjacent to an activating group) is 1. The molecule has 1 saturated carbocycles. The van der Waals surface area contributed by atoms with Crippen molar-refractivity contribution in [2.45, 2.75) is 75.9 Å². The number of benzene rings is 1. The van der Waals surface area contributed by atoms with Gasteiger partial charge in [-0.15, -0.1) is 21.5 Å². The van der Waals surface area contributed by atoms with Gasteiger partial charge < -0.3 is 39.7 Å².